The Kier molecular flexibility index (Phi) is 3.81. The molecule has 0 aliphatic carbocycles. The van der Waals surface area contributed by atoms with Crippen molar-refractivity contribution in [1.82, 2.24) is 8.75 Å². The number of benzene rings is 2. The number of fused-ring (bicyclic) bond motifs is 1. The molecule has 0 amide bonds. The Labute approximate surface area is 131 Å². The van der Waals surface area contributed by atoms with Crippen molar-refractivity contribution in [3.8, 4) is 5.75 Å². The molecular formula is C14H13ClN4OS. The van der Waals surface area contributed by atoms with Crippen LogP contribution in [0.1, 0.15) is 6.92 Å². The van der Waals surface area contributed by atoms with Gasteiger partial charge in [0.1, 0.15) is 16.8 Å². The summed E-state index contributed by atoms with van der Waals surface area (Å²) in [5.74, 6) is 0.641. The average Bonchev–Trinajstić information content (AvgIpc) is 2.95. The highest BCUT2D eigenvalue weighted by Gasteiger charge is 2.13. The smallest absolute Gasteiger partial charge is 0.144 e. The molecule has 0 aliphatic heterocycles. The van der Waals surface area contributed by atoms with Gasteiger partial charge in [-0.3, -0.25) is 0 Å². The topological polar surface area (TPSA) is 73.1 Å². The van der Waals surface area contributed by atoms with Gasteiger partial charge in [0.15, 0.2) is 0 Å². The molecule has 0 radical (unpaired) electrons. The third-order valence-corrected chi connectivity index (χ3v) is 3.86. The number of ether oxygens (including phenoxy) is 1. The minimum absolute atomic E-state index is 0.538. The van der Waals surface area contributed by atoms with Crippen LogP contribution in [-0.2, 0) is 0 Å². The first kappa shape index (κ1) is 13.9. The SMILES string of the molecule is CCOc1cccc(Nc2c(Cl)ccc3nsnc23)c1N. The van der Waals surface area contributed by atoms with E-state index >= 15 is 0 Å². The lowest BCUT2D eigenvalue weighted by Gasteiger charge is -2.14. The van der Waals surface area contributed by atoms with Gasteiger partial charge in [0.25, 0.3) is 0 Å². The van der Waals surface area contributed by atoms with Gasteiger partial charge in [-0.1, -0.05) is 17.7 Å². The van der Waals surface area contributed by atoms with Crippen molar-refractivity contribution in [2.75, 3.05) is 17.7 Å². The quantitative estimate of drug-likeness (QED) is 0.709. The summed E-state index contributed by atoms with van der Waals surface area (Å²) in [5.41, 5.74) is 9.61. The second kappa shape index (κ2) is 5.75. The summed E-state index contributed by atoms with van der Waals surface area (Å²) in [5, 5.41) is 3.80. The van der Waals surface area contributed by atoms with Gasteiger partial charge in [-0.2, -0.15) is 8.75 Å². The maximum Gasteiger partial charge on any atom is 0.144 e. The number of anilines is 3. The largest absolute Gasteiger partial charge is 0.492 e. The zero-order chi connectivity index (χ0) is 14.8. The number of nitrogen functional groups attached to an aromatic ring is 1. The van der Waals surface area contributed by atoms with Crippen molar-refractivity contribution in [3.05, 3.63) is 35.4 Å². The van der Waals surface area contributed by atoms with Crippen molar-refractivity contribution in [2.24, 2.45) is 0 Å². The van der Waals surface area contributed by atoms with Crippen LogP contribution in [0.5, 0.6) is 5.75 Å². The van der Waals surface area contributed by atoms with Gasteiger partial charge in [-0.25, -0.2) is 0 Å². The molecule has 0 saturated carbocycles. The van der Waals surface area contributed by atoms with E-state index in [4.69, 9.17) is 22.1 Å². The molecule has 0 bridgehead atoms. The van der Waals surface area contributed by atoms with Crippen LogP contribution in [0.3, 0.4) is 0 Å². The minimum Gasteiger partial charge on any atom is -0.492 e. The fourth-order valence-electron chi connectivity index (χ4n) is 2.01. The zero-order valence-electron chi connectivity index (χ0n) is 11.3. The summed E-state index contributed by atoms with van der Waals surface area (Å²) in [6, 6.07) is 9.20. The molecule has 0 spiro atoms. The number of aromatic nitrogens is 2. The van der Waals surface area contributed by atoms with Crippen molar-refractivity contribution >= 4 is 51.4 Å². The Bertz CT molecular complexity index is 790. The molecule has 0 atom stereocenters. The zero-order valence-corrected chi connectivity index (χ0v) is 12.8. The maximum absolute atomic E-state index is 6.27. The Balaban J connectivity index is 2.04. The van der Waals surface area contributed by atoms with Crippen LogP contribution in [0.4, 0.5) is 17.1 Å². The molecule has 0 aliphatic rings. The predicted octanol–water partition coefficient (Wildman–Crippen LogP) is 4.07. The number of hydrogen-bond donors (Lipinski definition) is 2. The molecule has 0 unspecified atom stereocenters. The van der Waals surface area contributed by atoms with E-state index < -0.39 is 0 Å². The highest BCUT2D eigenvalue weighted by molar-refractivity contribution is 7.00. The van der Waals surface area contributed by atoms with E-state index in [1.807, 2.05) is 31.2 Å². The van der Waals surface area contributed by atoms with Gasteiger partial charge in [0.05, 0.1) is 40.4 Å². The maximum atomic E-state index is 6.27. The van der Waals surface area contributed by atoms with Gasteiger partial charge < -0.3 is 15.8 Å². The van der Waals surface area contributed by atoms with E-state index in [0.717, 1.165) is 28.4 Å². The molecular weight excluding hydrogens is 308 g/mol. The molecule has 5 nitrogen and oxygen atoms in total. The number of para-hydroxylation sites is 1. The molecule has 21 heavy (non-hydrogen) atoms. The highest BCUT2D eigenvalue weighted by atomic mass is 35.5. The summed E-state index contributed by atoms with van der Waals surface area (Å²) < 4.78 is 14.0. The summed E-state index contributed by atoms with van der Waals surface area (Å²) in [7, 11) is 0. The van der Waals surface area contributed by atoms with Crippen LogP contribution in [0, 0.1) is 0 Å². The van der Waals surface area contributed by atoms with Gasteiger partial charge in [0.2, 0.25) is 0 Å². The summed E-state index contributed by atoms with van der Waals surface area (Å²) in [6.45, 7) is 2.47. The first-order valence-electron chi connectivity index (χ1n) is 6.39. The van der Waals surface area contributed by atoms with Crippen LogP contribution < -0.4 is 15.8 Å². The van der Waals surface area contributed by atoms with Gasteiger partial charge in [-0.05, 0) is 31.2 Å². The Morgan fingerprint density at radius 2 is 2.14 bits per heavy atom. The molecule has 2 aromatic carbocycles. The molecule has 108 valence electrons. The van der Waals surface area contributed by atoms with E-state index in [2.05, 4.69) is 14.1 Å². The second-order valence-corrected chi connectivity index (χ2v) is 5.27. The van der Waals surface area contributed by atoms with E-state index in [1.165, 1.54) is 0 Å². The lowest BCUT2D eigenvalue weighted by atomic mass is 10.2. The Morgan fingerprint density at radius 1 is 1.29 bits per heavy atom. The number of halogens is 1. The Hall–Kier alpha value is -2.05. The van der Waals surface area contributed by atoms with Gasteiger partial charge >= 0.3 is 0 Å². The molecule has 3 rings (SSSR count). The fourth-order valence-corrected chi connectivity index (χ4v) is 2.76. The number of nitrogens with two attached hydrogens (primary N) is 1. The van der Waals surface area contributed by atoms with Crippen molar-refractivity contribution in [1.29, 1.82) is 0 Å². The van der Waals surface area contributed by atoms with Crippen LogP contribution >= 0.6 is 23.3 Å². The van der Waals surface area contributed by atoms with E-state index in [-0.39, 0.29) is 0 Å². The van der Waals surface area contributed by atoms with Crippen molar-refractivity contribution in [3.63, 3.8) is 0 Å². The second-order valence-electron chi connectivity index (χ2n) is 4.33. The fraction of sp³-hybridized carbons (Fsp3) is 0.143. The normalized spacial score (nSPS) is 10.8. The van der Waals surface area contributed by atoms with Crippen LogP contribution in [0.25, 0.3) is 11.0 Å². The van der Waals surface area contributed by atoms with Crippen LogP contribution in [0.2, 0.25) is 5.02 Å². The summed E-state index contributed by atoms with van der Waals surface area (Å²) in [6.07, 6.45) is 0. The third kappa shape index (κ3) is 2.59. The number of hydrogen-bond acceptors (Lipinski definition) is 6. The lowest BCUT2D eigenvalue weighted by Crippen LogP contribution is -2.01. The monoisotopic (exact) mass is 320 g/mol. The number of nitrogens with zero attached hydrogens (tertiary/aromatic N) is 2. The predicted molar refractivity (Wildman–Crippen MR) is 87.7 cm³/mol. The lowest BCUT2D eigenvalue weighted by molar-refractivity contribution is 0.342. The van der Waals surface area contributed by atoms with Crippen LogP contribution in [-0.4, -0.2) is 15.4 Å². The van der Waals surface area contributed by atoms with Gasteiger partial charge in [-0.15, -0.1) is 0 Å². The molecule has 0 saturated heterocycles. The van der Waals surface area contributed by atoms with E-state index in [9.17, 15) is 0 Å². The molecule has 1 aromatic heterocycles. The molecule has 3 aromatic rings. The third-order valence-electron chi connectivity index (χ3n) is 3.00. The van der Waals surface area contributed by atoms with Crippen LogP contribution in [0.15, 0.2) is 30.3 Å². The minimum atomic E-state index is 0.538. The molecule has 3 N–H and O–H groups in total. The number of rotatable bonds is 4. The Morgan fingerprint density at radius 3 is 2.95 bits per heavy atom. The van der Waals surface area contributed by atoms with E-state index in [1.54, 1.807) is 6.07 Å². The first-order chi connectivity index (χ1) is 10.2. The molecule has 7 heteroatoms. The average molecular weight is 321 g/mol. The van der Waals surface area contributed by atoms with Gasteiger partial charge in [0, 0.05) is 0 Å². The summed E-state index contributed by atoms with van der Waals surface area (Å²) in [4.78, 5) is 0. The van der Waals surface area contributed by atoms with Crippen molar-refractivity contribution in [2.45, 2.75) is 6.92 Å². The summed E-state index contributed by atoms with van der Waals surface area (Å²) >= 11 is 7.41. The van der Waals surface area contributed by atoms with Crippen molar-refractivity contribution < 1.29 is 4.74 Å². The highest BCUT2D eigenvalue weighted by Crippen LogP contribution is 2.36. The van der Waals surface area contributed by atoms with E-state index in [0.29, 0.717) is 28.8 Å². The number of nitrogens with one attached hydrogen (secondary N) is 1. The first-order valence-corrected chi connectivity index (χ1v) is 7.50. The molecule has 1 heterocycles. The standard InChI is InChI=1S/C14H13ClN4OS/c1-2-20-11-5-3-4-9(12(11)16)17-13-8(15)6-7-10-14(13)19-21-18-10/h3-7,17H,2,16H2,1H3. The molecule has 0 fully saturated rings.